The minimum absolute atomic E-state index is 0.147. The van der Waals surface area contributed by atoms with Gasteiger partial charge in [-0.3, -0.25) is 0 Å². The minimum atomic E-state index is -2.74. The number of ether oxygens (including phenoxy) is 1. The molecular weight excluding hydrogens is 507 g/mol. The Labute approximate surface area is 198 Å². The predicted molar refractivity (Wildman–Crippen MR) is 139 cm³/mol. The van der Waals surface area contributed by atoms with Gasteiger partial charge in [0, 0.05) is 0 Å². The molecular formula is C26H50O3SiSn. The summed E-state index contributed by atoms with van der Waals surface area (Å²) in [5, 5.41) is 0. The number of unbranched alkanes of at least 4 members (excludes halogenated alkanes) is 3. The van der Waals surface area contributed by atoms with Crippen LogP contribution >= 0.6 is 0 Å². The summed E-state index contributed by atoms with van der Waals surface area (Å²) >= 11 is -2.74. The number of rotatable bonds is 15. The first-order valence-electron chi connectivity index (χ1n) is 13.0. The molecule has 1 atom stereocenters. The van der Waals surface area contributed by atoms with Gasteiger partial charge in [0.25, 0.3) is 0 Å². The van der Waals surface area contributed by atoms with Crippen molar-refractivity contribution in [1.29, 1.82) is 0 Å². The second kappa shape index (κ2) is 13.6. The molecule has 0 aromatic heterocycles. The molecule has 0 bridgehead atoms. The van der Waals surface area contributed by atoms with E-state index in [0.29, 0.717) is 25.9 Å². The molecule has 0 N–H and O–H groups in total. The molecule has 1 saturated carbocycles. The molecule has 0 saturated heterocycles. The van der Waals surface area contributed by atoms with Crippen LogP contribution in [-0.4, -0.2) is 44.8 Å². The maximum absolute atomic E-state index is 13.2. The number of Topliss-reactive ketones (excluding diaryl/α,β-unsaturated/α-hetero) is 1. The van der Waals surface area contributed by atoms with E-state index in [-0.39, 0.29) is 11.8 Å². The molecule has 0 heterocycles. The zero-order chi connectivity index (χ0) is 23.5. The number of esters is 1. The Morgan fingerprint density at radius 2 is 1.52 bits per heavy atom. The van der Waals surface area contributed by atoms with E-state index in [0.717, 1.165) is 6.42 Å². The molecule has 0 aromatic carbocycles. The van der Waals surface area contributed by atoms with E-state index in [9.17, 15) is 9.59 Å². The third kappa shape index (κ3) is 8.31. The zero-order valence-electron chi connectivity index (χ0n) is 21.7. The van der Waals surface area contributed by atoms with Crippen LogP contribution in [-0.2, 0) is 14.3 Å². The zero-order valence-corrected chi connectivity index (χ0v) is 25.6. The van der Waals surface area contributed by atoms with Crippen molar-refractivity contribution in [2.45, 2.75) is 125 Å². The van der Waals surface area contributed by atoms with Gasteiger partial charge in [-0.2, -0.15) is 0 Å². The monoisotopic (exact) mass is 558 g/mol. The molecule has 5 heteroatoms. The van der Waals surface area contributed by atoms with Crippen molar-refractivity contribution >= 4 is 38.2 Å². The molecule has 0 amide bonds. The van der Waals surface area contributed by atoms with E-state index >= 15 is 0 Å². The van der Waals surface area contributed by atoms with Gasteiger partial charge < -0.3 is 0 Å². The molecule has 0 aliphatic heterocycles. The fourth-order valence-electron chi connectivity index (χ4n) is 5.32. The molecule has 3 nitrogen and oxygen atoms in total. The van der Waals surface area contributed by atoms with Crippen molar-refractivity contribution in [2.75, 3.05) is 6.61 Å². The number of carbonyl (C=O) groups excluding carboxylic acids is 2. The topological polar surface area (TPSA) is 43.4 Å². The Morgan fingerprint density at radius 1 is 1.00 bits per heavy atom. The summed E-state index contributed by atoms with van der Waals surface area (Å²) < 4.78 is 11.3. The van der Waals surface area contributed by atoms with Gasteiger partial charge in [-0.15, -0.1) is 0 Å². The summed E-state index contributed by atoms with van der Waals surface area (Å²) in [7, 11) is -1.50. The summed E-state index contributed by atoms with van der Waals surface area (Å²) in [5.41, 5.74) is 1.75. The molecule has 180 valence electrons. The van der Waals surface area contributed by atoms with Crippen molar-refractivity contribution in [3.8, 4) is 0 Å². The number of hydrogen-bond acceptors (Lipinski definition) is 3. The van der Waals surface area contributed by atoms with Gasteiger partial charge in [0.2, 0.25) is 0 Å². The number of carbonyl (C=O) groups is 2. The molecule has 1 fully saturated rings. The normalized spacial score (nSPS) is 20.4. The van der Waals surface area contributed by atoms with Crippen molar-refractivity contribution in [1.82, 2.24) is 0 Å². The van der Waals surface area contributed by atoms with E-state index in [4.69, 9.17) is 4.74 Å². The van der Waals surface area contributed by atoms with E-state index in [1.165, 1.54) is 51.8 Å². The fraction of sp³-hybridized carbons (Fsp3) is 0.846. The first-order chi connectivity index (χ1) is 14.6. The number of ketones is 1. The molecule has 1 rings (SSSR count). The second-order valence-electron chi connectivity index (χ2n) is 10.9. The average Bonchev–Trinajstić information content (AvgIpc) is 3.08. The van der Waals surface area contributed by atoms with Gasteiger partial charge in [0.15, 0.2) is 0 Å². The molecule has 0 radical (unpaired) electrons. The SMILES string of the molecule is CCC[CH2][Sn]([CH2]CCC)([CH2]CCC)/[C](=C\[Si](C)(C)C)CC1(C(=O)OCC)CCCC1=O. The van der Waals surface area contributed by atoms with Crippen LogP contribution in [0.3, 0.4) is 0 Å². The van der Waals surface area contributed by atoms with Crippen LogP contribution in [0.15, 0.2) is 9.29 Å². The maximum atomic E-state index is 13.2. The standard InChI is InChI=1S/C14H23O3Si.3C4H9.Sn/c1-5-17-13(16)14(9-6-8-12(14)15)10-7-11-18(2,3)4;3*1-3-4-2;/h11H,5-6,8-10H2,1-4H3;3*1,3-4H2,2H3;. The first kappa shape index (κ1) is 28.9. The van der Waals surface area contributed by atoms with Gasteiger partial charge in [-0.25, -0.2) is 0 Å². The van der Waals surface area contributed by atoms with Crippen molar-refractivity contribution in [3.63, 3.8) is 0 Å². The Balaban J connectivity index is 3.57. The van der Waals surface area contributed by atoms with Gasteiger partial charge in [-0.05, 0) is 0 Å². The van der Waals surface area contributed by atoms with Gasteiger partial charge in [-0.1, -0.05) is 0 Å². The predicted octanol–water partition coefficient (Wildman–Crippen LogP) is 7.87. The average molecular weight is 557 g/mol. The van der Waals surface area contributed by atoms with E-state index in [1.807, 2.05) is 6.92 Å². The summed E-state index contributed by atoms with van der Waals surface area (Å²) in [6.45, 7) is 16.4. The van der Waals surface area contributed by atoms with Crippen LogP contribution in [0.5, 0.6) is 0 Å². The quantitative estimate of drug-likeness (QED) is 0.117. The summed E-state index contributed by atoms with van der Waals surface area (Å²) in [5.74, 6) is -0.0882. The Morgan fingerprint density at radius 3 is 1.87 bits per heavy atom. The summed E-state index contributed by atoms with van der Waals surface area (Å²) in [6, 6.07) is 0. The Kier molecular flexibility index (Phi) is 12.7. The summed E-state index contributed by atoms with van der Waals surface area (Å²) in [6.07, 6.45) is 10.3. The molecule has 31 heavy (non-hydrogen) atoms. The molecule has 1 aliphatic rings. The van der Waals surface area contributed by atoms with Crippen LogP contribution in [0, 0.1) is 5.41 Å². The molecule has 0 spiro atoms. The van der Waals surface area contributed by atoms with Gasteiger partial charge >= 0.3 is 199 Å². The van der Waals surface area contributed by atoms with Crippen molar-refractivity contribution < 1.29 is 14.3 Å². The Bertz CT molecular complexity index is 586. The molecule has 1 aliphatic carbocycles. The third-order valence-corrected chi connectivity index (χ3v) is 25.1. The molecule has 1 unspecified atom stereocenters. The van der Waals surface area contributed by atoms with Gasteiger partial charge in [0.05, 0.1) is 0 Å². The van der Waals surface area contributed by atoms with Crippen molar-refractivity contribution in [2.24, 2.45) is 5.41 Å². The summed E-state index contributed by atoms with van der Waals surface area (Å²) in [4.78, 5) is 26.4. The van der Waals surface area contributed by atoms with Crippen molar-refractivity contribution in [3.05, 3.63) is 9.29 Å². The molecule has 0 aromatic rings. The van der Waals surface area contributed by atoms with Crippen LogP contribution < -0.4 is 0 Å². The van der Waals surface area contributed by atoms with Crippen LogP contribution in [0.1, 0.15) is 91.9 Å². The van der Waals surface area contributed by atoms with E-state index < -0.39 is 31.9 Å². The number of allylic oxidation sites excluding steroid dienone is 1. The van der Waals surface area contributed by atoms with Crippen LogP contribution in [0.4, 0.5) is 0 Å². The van der Waals surface area contributed by atoms with E-state index in [2.05, 4.69) is 46.1 Å². The first-order valence-corrected chi connectivity index (χ1v) is 24.1. The Hall–Kier alpha value is -0.104. The second-order valence-corrected chi connectivity index (χ2v) is 29.3. The third-order valence-electron chi connectivity index (χ3n) is 7.01. The fourth-order valence-corrected chi connectivity index (χ4v) is 28.7. The van der Waals surface area contributed by atoms with Crippen LogP contribution in [0.25, 0.3) is 0 Å². The number of hydrogen-bond donors (Lipinski definition) is 0. The van der Waals surface area contributed by atoms with Gasteiger partial charge in [0.1, 0.15) is 0 Å². The van der Waals surface area contributed by atoms with Crippen LogP contribution in [0.2, 0.25) is 33.0 Å². The van der Waals surface area contributed by atoms with E-state index in [1.54, 1.807) is 3.59 Å².